The van der Waals surface area contributed by atoms with E-state index in [0.29, 0.717) is 28.5 Å². The van der Waals surface area contributed by atoms with E-state index in [2.05, 4.69) is 21.4 Å². The molecule has 1 aromatic heterocycles. The van der Waals surface area contributed by atoms with E-state index >= 15 is 0 Å². The number of benzene rings is 1. The van der Waals surface area contributed by atoms with Gasteiger partial charge in [-0.2, -0.15) is 5.26 Å². The topological polar surface area (TPSA) is 117 Å². The Hall–Kier alpha value is -2.85. The van der Waals surface area contributed by atoms with Gasteiger partial charge in [0.05, 0.1) is 17.7 Å². The SMILES string of the molecule is CC1(C)Oc2ccc(C#N)cc2C(Nc2cc(N)ncn2)C1O. The van der Waals surface area contributed by atoms with Gasteiger partial charge in [0.2, 0.25) is 0 Å². The molecule has 3 rings (SSSR count). The van der Waals surface area contributed by atoms with Crippen molar-refractivity contribution in [2.45, 2.75) is 31.6 Å². The molecule has 0 saturated heterocycles. The van der Waals surface area contributed by atoms with Crippen LogP contribution >= 0.6 is 0 Å². The molecule has 1 aliphatic heterocycles. The Bertz CT molecular complexity index is 784. The fraction of sp³-hybridized carbons (Fsp3) is 0.312. The van der Waals surface area contributed by atoms with E-state index in [4.69, 9.17) is 15.7 Å². The Balaban J connectivity index is 2.05. The first kappa shape index (κ1) is 15.1. The van der Waals surface area contributed by atoms with Gasteiger partial charge < -0.3 is 20.9 Å². The quantitative estimate of drug-likeness (QED) is 0.771. The zero-order valence-electron chi connectivity index (χ0n) is 12.8. The maximum atomic E-state index is 10.7. The van der Waals surface area contributed by atoms with E-state index in [9.17, 15) is 5.11 Å². The van der Waals surface area contributed by atoms with Crippen molar-refractivity contribution in [1.82, 2.24) is 9.97 Å². The van der Waals surface area contributed by atoms with Gasteiger partial charge in [0.25, 0.3) is 0 Å². The number of aliphatic hydroxyl groups excluding tert-OH is 1. The van der Waals surface area contributed by atoms with Crippen molar-refractivity contribution in [2.75, 3.05) is 11.1 Å². The van der Waals surface area contributed by atoms with Crippen LogP contribution in [0.15, 0.2) is 30.6 Å². The normalized spacial score (nSPS) is 21.7. The van der Waals surface area contributed by atoms with Crippen LogP contribution in [-0.4, -0.2) is 26.8 Å². The molecule has 7 heteroatoms. The highest BCUT2D eigenvalue weighted by molar-refractivity contribution is 5.52. The van der Waals surface area contributed by atoms with E-state index in [-0.39, 0.29) is 0 Å². The number of fused-ring (bicyclic) bond motifs is 1. The standard InChI is InChI=1S/C16H17N5O2/c1-16(2)15(22)14(21-13-6-12(18)19-8-20-13)10-5-9(7-17)3-4-11(10)23-16/h3-6,8,14-15,22H,1-2H3,(H3,18,19,20,21). The molecule has 2 heterocycles. The lowest BCUT2D eigenvalue weighted by Crippen LogP contribution is -2.50. The molecule has 1 aliphatic rings. The summed E-state index contributed by atoms with van der Waals surface area (Å²) in [5, 5.41) is 23.0. The van der Waals surface area contributed by atoms with Crippen LogP contribution in [0.2, 0.25) is 0 Å². The van der Waals surface area contributed by atoms with E-state index < -0.39 is 17.7 Å². The lowest BCUT2D eigenvalue weighted by atomic mass is 9.86. The minimum Gasteiger partial charge on any atom is -0.485 e. The summed E-state index contributed by atoms with van der Waals surface area (Å²) < 4.78 is 5.87. The van der Waals surface area contributed by atoms with Crippen LogP contribution in [0.5, 0.6) is 5.75 Å². The molecule has 7 nitrogen and oxygen atoms in total. The highest BCUT2D eigenvalue weighted by Crippen LogP contribution is 2.41. The third kappa shape index (κ3) is 2.76. The maximum Gasteiger partial charge on any atom is 0.132 e. The van der Waals surface area contributed by atoms with Crippen molar-refractivity contribution in [2.24, 2.45) is 0 Å². The van der Waals surface area contributed by atoms with Crippen LogP contribution in [0.25, 0.3) is 0 Å². The summed E-state index contributed by atoms with van der Waals surface area (Å²) in [6.45, 7) is 3.61. The molecule has 23 heavy (non-hydrogen) atoms. The van der Waals surface area contributed by atoms with Crippen molar-refractivity contribution >= 4 is 11.6 Å². The largest absolute Gasteiger partial charge is 0.485 e. The number of nitrogens with one attached hydrogen (secondary N) is 1. The highest BCUT2D eigenvalue weighted by atomic mass is 16.5. The van der Waals surface area contributed by atoms with E-state index in [1.54, 1.807) is 24.3 Å². The van der Waals surface area contributed by atoms with Crippen LogP contribution in [0, 0.1) is 11.3 Å². The molecule has 0 saturated carbocycles. The minimum absolute atomic E-state index is 0.328. The Morgan fingerprint density at radius 3 is 2.83 bits per heavy atom. The number of aromatic nitrogens is 2. The number of anilines is 2. The molecule has 0 bridgehead atoms. The summed E-state index contributed by atoms with van der Waals surface area (Å²) >= 11 is 0. The van der Waals surface area contributed by atoms with Crippen LogP contribution < -0.4 is 15.8 Å². The summed E-state index contributed by atoms with van der Waals surface area (Å²) in [6.07, 6.45) is 0.501. The molecule has 0 amide bonds. The Kier molecular flexibility index (Phi) is 3.54. The number of nitrogens with two attached hydrogens (primary N) is 1. The third-order valence-electron chi connectivity index (χ3n) is 3.87. The second-order valence-corrected chi connectivity index (χ2v) is 5.96. The van der Waals surface area contributed by atoms with E-state index in [1.165, 1.54) is 6.33 Å². The molecule has 2 aromatic rings. The van der Waals surface area contributed by atoms with Crippen molar-refractivity contribution in [3.63, 3.8) is 0 Å². The second kappa shape index (κ2) is 5.41. The van der Waals surface area contributed by atoms with Gasteiger partial charge >= 0.3 is 0 Å². The first-order valence-corrected chi connectivity index (χ1v) is 7.16. The van der Waals surface area contributed by atoms with Gasteiger partial charge in [-0.15, -0.1) is 0 Å². The van der Waals surface area contributed by atoms with Gasteiger partial charge in [0, 0.05) is 11.6 Å². The smallest absolute Gasteiger partial charge is 0.132 e. The lowest BCUT2D eigenvalue weighted by Gasteiger charge is -2.42. The Morgan fingerprint density at radius 2 is 2.13 bits per heavy atom. The fourth-order valence-electron chi connectivity index (χ4n) is 2.64. The zero-order chi connectivity index (χ0) is 16.6. The maximum absolute atomic E-state index is 10.7. The molecule has 0 aliphatic carbocycles. The average molecular weight is 311 g/mol. The van der Waals surface area contributed by atoms with Crippen molar-refractivity contribution in [3.05, 3.63) is 41.7 Å². The molecule has 0 fully saturated rings. The summed E-state index contributed by atoms with van der Waals surface area (Å²) in [5.74, 6) is 1.45. The predicted octanol–water partition coefficient (Wildman–Crippen LogP) is 1.62. The molecular weight excluding hydrogens is 294 g/mol. The van der Waals surface area contributed by atoms with Crippen LogP contribution in [0.1, 0.15) is 31.0 Å². The van der Waals surface area contributed by atoms with Crippen LogP contribution in [-0.2, 0) is 0 Å². The summed E-state index contributed by atoms with van der Waals surface area (Å²) in [6, 6.07) is 8.32. The predicted molar refractivity (Wildman–Crippen MR) is 84.7 cm³/mol. The fourth-order valence-corrected chi connectivity index (χ4v) is 2.64. The molecule has 118 valence electrons. The minimum atomic E-state index is -0.847. The Morgan fingerprint density at radius 1 is 1.35 bits per heavy atom. The Labute approximate surface area is 133 Å². The summed E-state index contributed by atoms with van der Waals surface area (Å²) in [4.78, 5) is 7.96. The third-order valence-corrected chi connectivity index (χ3v) is 3.87. The monoisotopic (exact) mass is 311 g/mol. The van der Waals surface area contributed by atoms with Gasteiger partial charge in [-0.1, -0.05) is 0 Å². The van der Waals surface area contributed by atoms with E-state index in [1.807, 2.05) is 13.8 Å². The van der Waals surface area contributed by atoms with Crippen molar-refractivity contribution in [3.8, 4) is 11.8 Å². The summed E-state index contributed by atoms with van der Waals surface area (Å²) in [5.41, 5.74) is 6.07. The van der Waals surface area contributed by atoms with Gasteiger partial charge in [0.1, 0.15) is 35.4 Å². The van der Waals surface area contributed by atoms with Gasteiger partial charge in [-0.25, -0.2) is 9.97 Å². The van der Waals surface area contributed by atoms with Crippen LogP contribution in [0.3, 0.4) is 0 Å². The zero-order valence-corrected chi connectivity index (χ0v) is 12.8. The van der Waals surface area contributed by atoms with Gasteiger partial charge in [0.15, 0.2) is 0 Å². The number of nitriles is 1. The number of rotatable bonds is 2. The van der Waals surface area contributed by atoms with Crippen LogP contribution in [0.4, 0.5) is 11.6 Å². The molecule has 4 N–H and O–H groups in total. The first-order valence-electron chi connectivity index (χ1n) is 7.16. The van der Waals surface area contributed by atoms with Gasteiger partial charge in [-0.05, 0) is 32.0 Å². The highest BCUT2D eigenvalue weighted by Gasteiger charge is 2.43. The average Bonchev–Trinajstić information content (AvgIpc) is 2.51. The van der Waals surface area contributed by atoms with Gasteiger partial charge in [-0.3, -0.25) is 0 Å². The number of aliphatic hydroxyl groups is 1. The lowest BCUT2D eigenvalue weighted by molar-refractivity contribution is -0.0533. The van der Waals surface area contributed by atoms with Crippen molar-refractivity contribution < 1.29 is 9.84 Å². The molecule has 2 unspecified atom stereocenters. The molecule has 0 radical (unpaired) electrons. The van der Waals surface area contributed by atoms with Crippen molar-refractivity contribution in [1.29, 1.82) is 5.26 Å². The molecule has 0 spiro atoms. The number of ether oxygens (including phenoxy) is 1. The molecule has 2 atom stereocenters. The number of nitrogens with zero attached hydrogens (tertiary/aromatic N) is 3. The second-order valence-electron chi connectivity index (χ2n) is 5.96. The number of hydrogen-bond acceptors (Lipinski definition) is 7. The number of hydrogen-bond donors (Lipinski definition) is 3. The van der Waals surface area contributed by atoms with E-state index in [0.717, 1.165) is 0 Å². The first-order chi connectivity index (χ1) is 10.9. The molecule has 1 aromatic carbocycles. The number of nitrogen functional groups attached to an aromatic ring is 1. The summed E-state index contributed by atoms with van der Waals surface area (Å²) in [7, 11) is 0. The molecular formula is C16H17N5O2.